The Bertz CT molecular complexity index is 566. The fourth-order valence-electron chi connectivity index (χ4n) is 2.67. The molecular weight excluding hydrogens is 268 g/mol. The van der Waals surface area contributed by atoms with Crippen LogP contribution in [0.4, 0.5) is 0 Å². The van der Waals surface area contributed by atoms with Gasteiger partial charge < -0.3 is 19.6 Å². The lowest BCUT2D eigenvalue weighted by molar-refractivity contribution is -0.138. The first-order valence-electron chi connectivity index (χ1n) is 7.16. The van der Waals surface area contributed by atoms with Crippen LogP contribution in [0.5, 0.6) is 0 Å². The molecule has 1 aliphatic carbocycles. The van der Waals surface area contributed by atoms with Gasteiger partial charge in [-0.2, -0.15) is 0 Å². The van der Waals surface area contributed by atoms with E-state index in [9.17, 15) is 9.90 Å². The highest BCUT2D eigenvalue weighted by atomic mass is 16.5. The van der Waals surface area contributed by atoms with Gasteiger partial charge in [-0.3, -0.25) is 0 Å². The zero-order chi connectivity index (χ0) is 15.0. The van der Waals surface area contributed by atoms with Crippen molar-refractivity contribution in [3.8, 4) is 0 Å². The van der Waals surface area contributed by atoms with Crippen molar-refractivity contribution in [2.45, 2.75) is 31.5 Å². The molecule has 1 aromatic carbocycles. The number of benzene rings is 1. The quantitative estimate of drug-likeness (QED) is 0.857. The summed E-state index contributed by atoms with van der Waals surface area (Å²) in [6.45, 7) is 2.55. The molecule has 5 nitrogen and oxygen atoms in total. The third-order valence-electron chi connectivity index (χ3n) is 4.27. The normalized spacial score (nSPS) is 21.0. The van der Waals surface area contributed by atoms with Crippen LogP contribution in [0.15, 0.2) is 42.2 Å². The van der Waals surface area contributed by atoms with Crippen LogP contribution in [-0.2, 0) is 9.53 Å². The fourth-order valence-corrected chi connectivity index (χ4v) is 2.67. The second-order valence-electron chi connectivity index (χ2n) is 5.66. The first-order valence-corrected chi connectivity index (χ1v) is 7.16. The minimum atomic E-state index is -0.787. The highest BCUT2D eigenvalue weighted by Crippen LogP contribution is 2.43. The van der Waals surface area contributed by atoms with Crippen molar-refractivity contribution >= 4 is 5.97 Å². The third kappa shape index (κ3) is 2.49. The molecule has 112 valence electrons. The average Bonchev–Trinajstić information content (AvgIpc) is 3.11. The maximum absolute atomic E-state index is 12.0. The Balaban J connectivity index is 1.86. The van der Waals surface area contributed by atoms with E-state index >= 15 is 0 Å². The molecule has 0 unspecified atom stereocenters. The van der Waals surface area contributed by atoms with Gasteiger partial charge in [-0.1, -0.05) is 30.3 Å². The summed E-state index contributed by atoms with van der Waals surface area (Å²) in [7, 11) is 1.38. The van der Waals surface area contributed by atoms with Gasteiger partial charge in [-0.05, 0) is 25.3 Å². The Hall–Kier alpha value is -2.01. The summed E-state index contributed by atoms with van der Waals surface area (Å²) >= 11 is 0. The van der Waals surface area contributed by atoms with Crippen LogP contribution in [0.1, 0.15) is 31.4 Å². The molecular formula is C16H20N2O3. The van der Waals surface area contributed by atoms with Gasteiger partial charge in [0, 0.05) is 6.20 Å². The van der Waals surface area contributed by atoms with Gasteiger partial charge in [0.05, 0.1) is 19.8 Å². The molecule has 1 N–H and O–H groups in total. The number of methoxy groups -OCH3 is 1. The summed E-state index contributed by atoms with van der Waals surface area (Å²) in [6, 6.07) is 10.0. The van der Waals surface area contributed by atoms with Crippen molar-refractivity contribution in [2.24, 2.45) is 0 Å². The molecule has 1 aromatic rings. The van der Waals surface area contributed by atoms with Crippen LogP contribution in [0.3, 0.4) is 0 Å². The van der Waals surface area contributed by atoms with Gasteiger partial charge in [0.25, 0.3) is 0 Å². The maximum Gasteiger partial charge on any atom is 0.355 e. The molecule has 0 aromatic heterocycles. The second kappa shape index (κ2) is 5.07. The molecule has 0 amide bonds. The molecule has 5 heteroatoms. The van der Waals surface area contributed by atoms with E-state index in [2.05, 4.69) is 0 Å². The molecule has 21 heavy (non-hydrogen) atoms. The number of hydrogen-bond acceptors (Lipinski definition) is 5. The van der Waals surface area contributed by atoms with E-state index in [1.165, 1.54) is 7.11 Å². The molecule has 2 aliphatic rings. The monoisotopic (exact) mass is 288 g/mol. The summed E-state index contributed by atoms with van der Waals surface area (Å²) in [5.74, 6) is -0.371. The predicted molar refractivity (Wildman–Crippen MR) is 77.7 cm³/mol. The first kappa shape index (κ1) is 13.9. The molecule has 1 fully saturated rings. The average molecular weight is 288 g/mol. The maximum atomic E-state index is 12.0. The Morgan fingerprint density at radius 2 is 2.00 bits per heavy atom. The first-order chi connectivity index (χ1) is 10.0. The van der Waals surface area contributed by atoms with Gasteiger partial charge in [-0.15, -0.1) is 0 Å². The molecule has 1 aliphatic heterocycles. The van der Waals surface area contributed by atoms with Gasteiger partial charge >= 0.3 is 5.97 Å². The van der Waals surface area contributed by atoms with Crippen LogP contribution >= 0.6 is 0 Å². The summed E-state index contributed by atoms with van der Waals surface area (Å²) in [6.07, 6.45) is 3.20. The van der Waals surface area contributed by atoms with Crippen LogP contribution in [0.25, 0.3) is 0 Å². The van der Waals surface area contributed by atoms with Crippen LogP contribution in [0.2, 0.25) is 0 Å². The van der Waals surface area contributed by atoms with E-state index in [-0.39, 0.29) is 12.0 Å². The number of ether oxygens (including phenoxy) is 1. The van der Waals surface area contributed by atoms with Crippen molar-refractivity contribution in [2.75, 3.05) is 13.8 Å². The number of rotatable bonds is 4. The van der Waals surface area contributed by atoms with Crippen molar-refractivity contribution in [1.29, 1.82) is 0 Å². The smallest absolute Gasteiger partial charge is 0.355 e. The Kier molecular flexibility index (Phi) is 3.37. The summed E-state index contributed by atoms with van der Waals surface area (Å²) in [5, 5.41) is 10.3. The number of hydrogen-bond donors (Lipinski definition) is 1. The lowest BCUT2D eigenvalue weighted by atomic mass is 10.1. The SMILES string of the molecule is COC(=O)C1=CN(C2(O)CC2)CN1[C@H](C)c1ccccc1. The number of esters is 1. The topological polar surface area (TPSA) is 53.0 Å². The third-order valence-corrected chi connectivity index (χ3v) is 4.27. The van der Waals surface area contributed by atoms with Crippen molar-refractivity contribution in [3.05, 3.63) is 47.8 Å². The van der Waals surface area contributed by atoms with E-state index in [0.29, 0.717) is 12.4 Å². The zero-order valence-electron chi connectivity index (χ0n) is 12.3. The Morgan fingerprint density at radius 3 is 2.57 bits per heavy atom. The number of aliphatic hydroxyl groups is 1. The number of nitrogens with zero attached hydrogens (tertiary/aromatic N) is 2. The van der Waals surface area contributed by atoms with Gasteiger partial charge in [0.1, 0.15) is 11.4 Å². The standard InChI is InChI=1S/C16H20N2O3/c1-12(13-6-4-3-5-7-13)18-11-17(16(20)8-9-16)10-14(18)15(19)21-2/h3-7,10,12,20H,8-9,11H2,1-2H3/t12-/m1/s1. The molecule has 1 heterocycles. The number of carbonyl (C=O) groups is 1. The van der Waals surface area contributed by atoms with Crippen molar-refractivity contribution in [1.82, 2.24) is 9.80 Å². The predicted octanol–water partition coefficient (Wildman–Crippen LogP) is 1.82. The van der Waals surface area contributed by atoms with Crippen LogP contribution in [-0.4, -0.2) is 40.4 Å². The van der Waals surface area contributed by atoms with Gasteiger partial charge in [0.15, 0.2) is 0 Å². The second-order valence-corrected chi connectivity index (χ2v) is 5.66. The lowest BCUT2D eigenvalue weighted by Crippen LogP contribution is -2.37. The van der Waals surface area contributed by atoms with E-state index in [4.69, 9.17) is 4.74 Å². The summed E-state index contributed by atoms with van der Waals surface area (Å²) < 4.78 is 4.87. The Labute approximate surface area is 124 Å². The van der Waals surface area contributed by atoms with Crippen LogP contribution in [0, 0.1) is 0 Å². The van der Waals surface area contributed by atoms with Crippen molar-refractivity contribution in [3.63, 3.8) is 0 Å². The molecule has 3 rings (SSSR count). The molecule has 0 radical (unpaired) electrons. The molecule has 1 saturated carbocycles. The van der Waals surface area contributed by atoms with E-state index in [1.807, 2.05) is 47.1 Å². The molecule has 1 atom stereocenters. The molecule has 0 bridgehead atoms. The van der Waals surface area contributed by atoms with Crippen molar-refractivity contribution < 1.29 is 14.6 Å². The molecule has 0 saturated heterocycles. The minimum absolute atomic E-state index is 0.0314. The summed E-state index contributed by atoms with van der Waals surface area (Å²) in [4.78, 5) is 15.8. The Morgan fingerprint density at radius 1 is 1.33 bits per heavy atom. The lowest BCUT2D eigenvalue weighted by Gasteiger charge is -2.31. The fraction of sp³-hybridized carbons (Fsp3) is 0.438. The zero-order valence-corrected chi connectivity index (χ0v) is 12.3. The van der Waals surface area contributed by atoms with Gasteiger partial charge in [0.2, 0.25) is 0 Å². The highest BCUT2D eigenvalue weighted by molar-refractivity contribution is 5.88. The van der Waals surface area contributed by atoms with E-state index in [0.717, 1.165) is 18.4 Å². The van der Waals surface area contributed by atoms with Crippen LogP contribution < -0.4 is 0 Å². The summed E-state index contributed by atoms with van der Waals surface area (Å²) in [5.41, 5.74) is 0.830. The van der Waals surface area contributed by atoms with E-state index in [1.54, 1.807) is 6.20 Å². The van der Waals surface area contributed by atoms with Gasteiger partial charge in [-0.25, -0.2) is 4.79 Å². The largest absolute Gasteiger partial charge is 0.464 e. The number of carbonyl (C=O) groups excluding carboxylic acids is 1. The minimum Gasteiger partial charge on any atom is -0.464 e. The molecule has 0 spiro atoms. The highest BCUT2D eigenvalue weighted by Gasteiger charge is 2.49. The van der Waals surface area contributed by atoms with E-state index < -0.39 is 5.72 Å².